The highest BCUT2D eigenvalue weighted by Gasteiger charge is 2.33. The third-order valence-corrected chi connectivity index (χ3v) is 7.71. The summed E-state index contributed by atoms with van der Waals surface area (Å²) in [6, 6.07) is 13.1. The van der Waals surface area contributed by atoms with Gasteiger partial charge in [0.25, 0.3) is 5.91 Å². The minimum atomic E-state index is -3.56. The minimum absolute atomic E-state index is 0.0453. The van der Waals surface area contributed by atoms with Crippen molar-refractivity contribution in [3.8, 4) is 5.75 Å². The van der Waals surface area contributed by atoms with E-state index in [1.807, 2.05) is 6.92 Å². The van der Waals surface area contributed by atoms with Crippen LogP contribution in [0.4, 0.5) is 5.69 Å². The SMILES string of the molecule is CCC1CCCCN1S(=O)(=O)c1ccc(NC(=O)C(C)(C)Oc2ccc(Cl)cc2)cc1. The summed E-state index contributed by atoms with van der Waals surface area (Å²) in [5.41, 5.74) is -0.636. The highest BCUT2D eigenvalue weighted by molar-refractivity contribution is 7.89. The van der Waals surface area contributed by atoms with Crippen LogP contribution in [-0.4, -0.2) is 36.8 Å². The maximum Gasteiger partial charge on any atom is 0.267 e. The molecule has 1 saturated heterocycles. The summed E-state index contributed by atoms with van der Waals surface area (Å²) in [5, 5.41) is 3.38. The number of amides is 1. The third-order valence-electron chi connectivity index (χ3n) is 5.50. The predicted molar refractivity (Wildman–Crippen MR) is 123 cm³/mol. The summed E-state index contributed by atoms with van der Waals surface area (Å²) < 4.78 is 33.6. The maximum absolute atomic E-state index is 13.1. The van der Waals surface area contributed by atoms with Crippen molar-refractivity contribution in [3.63, 3.8) is 0 Å². The fraction of sp³-hybridized carbons (Fsp3) is 0.435. The van der Waals surface area contributed by atoms with Crippen LogP contribution in [0.3, 0.4) is 0 Å². The first-order valence-corrected chi connectivity index (χ1v) is 12.3. The molecule has 1 heterocycles. The van der Waals surface area contributed by atoms with Gasteiger partial charge >= 0.3 is 0 Å². The van der Waals surface area contributed by atoms with Gasteiger partial charge in [-0.3, -0.25) is 4.79 Å². The number of piperidine rings is 1. The Morgan fingerprint density at radius 3 is 2.39 bits per heavy atom. The van der Waals surface area contributed by atoms with Crippen molar-refractivity contribution >= 4 is 33.2 Å². The van der Waals surface area contributed by atoms with Crippen LogP contribution in [0.2, 0.25) is 5.02 Å². The molecule has 1 atom stereocenters. The van der Waals surface area contributed by atoms with E-state index in [9.17, 15) is 13.2 Å². The van der Waals surface area contributed by atoms with Crippen molar-refractivity contribution < 1.29 is 17.9 Å². The minimum Gasteiger partial charge on any atom is -0.478 e. The van der Waals surface area contributed by atoms with Gasteiger partial charge in [0.05, 0.1) is 4.90 Å². The van der Waals surface area contributed by atoms with Gasteiger partial charge in [-0.2, -0.15) is 4.31 Å². The quantitative estimate of drug-likeness (QED) is 0.619. The lowest BCUT2D eigenvalue weighted by Gasteiger charge is -2.34. The van der Waals surface area contributed by atoms with Crippen LogP contribution < -0.4 is 10.1 Å². The lowest BCUT2D eigenvalue weighted by atomic mass is 10.0. The van der Waals surface area contributed by atoms with Crippen LogP contribution in [0.25, 0.3) is 0 Å². The number of hydrogen-bond donors (Lipinski definition) is 1. The standard InChI is InChI=1S/C23H29ClN2O4S/c1-4-19-7-5-6-16-26(19)31(28,29)21-14-10-18(11-15-21)25-22(27)23(2,3)30-20-12-8-17(24)9-13-20/h8-15,19H,4-7,16H2,1-3H3,(H,25,27). The molecule has 0 spiro atoms. The molecule has 0 radical (unpaired) electrons. The fourth-order valence-corrected chi connectivity index (χ4v) is 5.56. The number of nitrogens with zero attached hydrogens (tertiary/aromatic N) is 1. The maximum atomic E-state index is 13.1. The molecule has 0 saturated carbocycles. The summed E-state index contributed by atoms with van der Waals surface area (Å²) in [4.78, 5) is 13.0. The lowest BCUT2D eigenvalue weighted by Crippen LogP contribution is -2.43. The molecule has 0 aliphatic carbocycles. The van der Waals surface area contributed by atoms with Crippen LogP contribution in [0, 0.1) is 0 Å². The number of hydrogen-bond acceptors (Lipinski definition) is 4. The normalized spacial score (nSPS) is 17.9. The van der Waals surface area contributed by atoms with E-state index in [4.69, 9.17) is 16.3 Å². The highest BCUT2D eigenvalue weighted by atomic mass is 35.5. The first kappa shape index (κ1) is 23.6. The Labute approximate surface area is 189 Å². The molecule has 0 aromatic heterocycles. The number of benzene rings is 2. The fourth-order valence-electron chi connectivity index (χ4n) is 3.67. The van der Waals surface area contributed by atoms with Gasteiger partial charge in [-0.25, -0.2) is 8.42 Å². The zero-order chi connectivity index (χ0) is 22.6. The van der Waals surface area contributed by atoms with Gasteiger partial charge in [0.15, 0.2) is 5.60 Å². The Balaban J connectivity index is 1.69. The molecule has 1 N–H and O–H groups in total. The van der Waals surface area contributed by atoms with Crippen molar-refractivity contribution in [1.29, 1.82) is 0 Å². The van der Waals surface area contributed by atoms with Gasteiger partial charge < -0.3 is 10.1 Å². The van der Waals surface area contributed by atoms with Gasteiger partial charge in [-0.1, -0.05) is 24.9 Å². The lowest BCUT2D eigenvalue weighted by molar-refractivity contribution is -0.128. The Morgan fingerprint density at radius 2 is 1.77 bits per heavy atom. The molecule has 168 valence electrons. The largest absolute Gasteiger partial charge is 0.478 e. The number of halogens is 1. The second-order valence-corrected chi connectivity index (χ2v) is 10.5. The van der Waals surface area contributed by atoms with E-state index in [2.05, 4.69) is 5.32 Å². The summed E-state index contributed by atoms with van der Waals surface area (Å²) in [7, 11) is -3.56. The molecule has 1 aliphatic rings. The van der Waals surface area contributed by atoms with Gasteiger partial charge in [-0.15, -0.1) is 0 Å². The van der Waals surface area contributed by atoms with E-state index < -0.39 is 15.6 Å². The molecule has 1 unspecified atom stereocenters. The Bertz CT molecular complexity index is 1000. The zero-order valence-corrected chi connectivity index (χ0v) is 19.7. The van der Waals surface area contributed by atoms with Gasteiger partial charge in [-0.05, 0) is 81.6 Å². The highest BCUT2D eigenvalue weighted by Crippen LogP contribution is 2.28. The van der Waals surface area contributed by atoms with Gasteiger partial charge in [0, 0.05) is 23.3 Å². The summed E-state index contributed by atoms with van der Waals surface area (Å²) in [6.07, 6.45) is 3.64. The molecular formula is C23H29ClN2O4S. The van der Waals surface area contributed by atoms with E-state index >= 15 is 0 Å². The number of carbonyl (C=O) groups is 1. The van der Waals surface area contributed by atoms with E-state index in [1.165, 1.54) is 0 Å². The Hall–Kier alpha value is -2.09. The van der Waals surface area contributed by atoms with Crippen molar-refractivity contribution in [3.05, 3.63) is 53.6 Å². The zero-order valence-electron chi connectivity index (χ0n) is 18.1. The summed E-state index contributed by atoms with van der Waals surface area (Å²) in [5.74, 6) is 0.179. The number of sulfonamides is 1. The summed E-state index contributed by atoms with van der Waals surface area (Å²) >= 11 is 5.88. The van der Waals surface area contributed by atoms with Crippen LogP contribution in [0.15, 0.2) is 53.4 Å². The van der Waals surface area contributed by atoms with Crippen LogP contribution in [0.1, 0.15) is 46.5 Å². The van der Waals surface area contributed by atoms with E-state index in [-0.39, 0.29) is 16.8 Å². The number of nitrogens with one attached hydrogen (secondary N) is 1. The molecule has 2 aromatic carbocycles. The number of rotatable bonds is 7. The number of ether oxygens (including phenoxy) is 1. The van der Waals surface area contributed by atoms with Crippen molar-refractivity contribution in [2.75, 3.05) is 11.9 Å². The second-order valence-electron chi connectivity index (χ2n) is 8.22. The average molecular weight is 465 g/mol. The molecular weight excluding hydrogens is 436 g/mol. The Kier molecular flexibility index (Phi) is 7.29. The third kappa shape index (κ3) is 5.59. The number of carbonyl (C=O) groups excluding carboxylic acids is 1. The molecule has 31 heavy (non-hydrogen) atoms. The molecule has 6 nitrogen and oxygen atoms in total. The van der Waals surface area contributed by atoms with E-state index in [0.29, 0.717) is 23.0 Å². The molecule has 3 rings (SSSR count). The van der Waals surface area contributed by atoms with Crippen LogP contribution in [0.5, 0.6) is 5.75 Å². The van der Waals surface area contributed by atoms with Crippen LogP contribution in [-0.2, 0) is 14.8 Å². The van der Waals surface area contributed by atoms with E-state index in [0.717, 1.165) is 25.7 Å². The molecule has 2 aromatic rings. The topological polar surface area (TPSA) is 75.7 Å². The Morgan fingerprint density at radius 1 is 1.13 bits per heavy atom. The molecule has 0 bridgehead atoms. The molecule has 1 amide bonds. The first-order chi connectivity index (χ1) is 14.6. The van der Waals surface area contributed by atoms with Gasteiger partial charge in [0.2, 0.25) is 10.0 Å². The number of anilines is 1. The van der Waals surface area contributed by atoms with E-state index in [1.54, 1.807) is 66.7 Å². The van der Waals surface area contributed by atoms with Crippen molar-refractivity contribution in [2.45, 2.75) is 63.0 Å². The molecule has 1 fully saturated rings. The second kappa shape index (κ2) is 9.59. The molecule has 1 aliphatic heterocycles. The summed E-state index contributed by atoms with van der Waals surface area (Å²) in [6.45, 7) is 5.90. The monoisotopic (exact) mass is 464 g/mol. The van der Waals surface area contributed by atoms with Crippen molar-refractivity contribution in [1.82, 2.24) is 4.31 Å². The van der Waals surface area contributed by atoms with Crippen molar-refractivity contribution in [2.24, 2.45) is 0 Å². The van der Waals surface area contributed by atoms with Gasteiger partial charge in [0.1, 0.15) is 5.75 Å². The molecule has 8 heteroatoms. The average Bonchev–Trinajstić information content (AvgIpc) is 2.75. The first-order valence-electron chi connectivity index (χ1n) is 10.5. The smallest absolute Gasteiger partial charge is 0.267 e. The van der Waals surface area contributed by atoms with Crippen LogP contribution >= 0.6 is 11.6 Å². The predicted octanol–water partition coefficient (Wildman–Crippen LogP) is 5.09.